The molecule has 2 rings (SSSR count). The molecule has 0 heterocycles. The smallest absolute Gasteiger partial charge is 0.267 e. The lowest BCUT2D eigenvalue weighted by Gasteiger charge is -2.12. The molecule has 1 amide bonds. The molecule has 1 N–H and O–H groups in total. The molecule has 0 saturated heterocycles. The Hall–Kier alpha value is -1.06. The van der Waals surface area contributed by atoms with Crippen molar-refractivity contribution in [3.8, 4) is 0 Å². The van der Waals surface area contributed by atoms with E-state index in [4.69, 9.17) is 23.2 Å². The number of halogens is 2. The van der Waals surface area contributed by atoms with Gasteiger partial charge in [0.1, 0.15) is 0 Å². The number of carbonyl (C=O) groups is 1. The van der Waals surface area contributed by atoms with Crippen molar-refractivity contribution in [2.75, 3.05) is 0 Å². The number of carbonyl (C=O) groups excluding carboxylic acids is 1. The quantitative estimate of drug-likeness (QED) is 0.818. The Morgan fingerprint density at radius 2 is 1.89 bits per heavy atom. The van der Waals surface area contributed by atoms with E-state index in [2.05, 4.69) is 10.5 Å². The van der Waals surface area contributed by atoms with E-state index in [0.717, 1.165) is 31.4 Å². The molecule has 0 spiro atoms. The molecule has 5 heteroatoms. The minimum atomic E-state index is -0.319. The number of hydrogen-bond acceptors (Lipinski definition) is 2. The zero-order valence-corrected chi connectivity index (χ0v) is 11.4. The third kappa shape index (κ3) is 3.47. The molecule has 1 aromatic rings. The lowest BCUT2D eigenvalue weighted by molar-refractivity contribution is 0.0954. The second-order valence-corrected chi connectivity index (χ2v) is 5.15. The van der Waals surface area contributed by atoms with Crippen molar-refractivity contribution in [3.05, 3.63) is 33.8 Å². The summed E-state index contributed by atoms with van der Waals surface area (Å²) in [4.78, 5) is 11.9. The van der Waals surface area contributed by atoms with Crippen molar-refractivity contribution < 1.29 is 4.79 Å². The number of nitrogens with one attached hydrogen (secondary N) is 1. The summed E-state index contributed by atoms with van der Waals surface area (Å²) < 4.78 is 0. The Labute approximate surface area is 116 Å². The summed E-state index contributed by atoms with van der Waals surface area (Å²) in [6.07, 6.45) is 5.46. The Morgan fingerprint density at radius 3 is 2.61 bits per heavy atom. The van der Waals surface area contributed by atoms with Gasteiger partial charge in [-0.1, -0.05) is 29.6 Å². The van der Waals surface area contributed by atoms with Gasteiger partial charge in [-0.25, -0.2) is 5.43 Å². The molecule has 1 fully saturated rings. The SMILES string of the molecule is O=C(NN=C1CCCCC1)c1cc(Cl)ccc1Cl. The van der Waals surface area contributed by atoms with Crippen molar-refractivity contribution in [2.45, 2.75) is 32.1 Å². The topological polar surface area (TPSA) is 41.5 Å². The van der Waals surface area contributed by atoms with Crippen LogP contribution in [0.25, 0.3) is 0 Å². The molecule has 0 radical (unpaired) electrons. The molecule has 1 aliphatic carbocycles. The Morgan fingerprint density at radius 1 is 1.17 bits per heavy atom. The maximum absolute atomic E-state index is 11.9. The van der Waals surface area contributed by atoms with Crippen LogP contribution in [0.4, 0.5) is 0 Å². The van der Waals surface area contributed by atoms with E-state index >= 15 is 0 Å². The molecule has 18 heavy (non-hydrogen) atoms. The lowest BCUT2D eigenvalue weighted by atomic mass is 9.99. The van der Waals surface area contributed by atoms with Crippen LogP contribution in [0.2, 0.25) is 10.0 Å². The summed E-state index contributed by atoms with van der Waals surface area (Å²) in [6.45, 7) is 0. The Kier molecular flexibility index (Phi) is 4.61. The van der Waals surface area contributed by atoms with Gasteiger partial charge in [-0.15, -0.1) is 0 Å². The largest absolute Gasteiger partial charge is 0.272 e. The van der Waals surface area contributed by atoms with E-state index in [1.54, 1.807) is 18.2 Å². The van der Waals surface area contributed by atoms with Crippen molar-refractivity contribution in [1.29, 1.82) is 0 Å². The Bertz CT molecular complexity index is 478. The molecule has 3 nitrogen and oxygen atoms in total. The fourth-order valence-electron chi connectivity index (χ4n) is 1.93. The highest BCUT2D eigenvalue weighted by Gasteiger charge is 2.12. The van der Waals surface area contributed by atoms with Gasteiger partial charge in [-0.2, -0.15) is 5.10 Å². The van der Waals surface area contributed by atoms with Crippen LogP contribution < -0.4 is 5.43 Å². The zero-order valence-electron chi connectivity index (χ0n) is 9.88. The van der Waals surface area contributed by atoms with E-state index < -0.39 is 0 Å². The van der Waals surface area contributed by atoms with E-state index in [1.807, 2.05) is 0 Å². The summed E-state index contributed by atoms with van der Waals surface area (Å²) in [5, 5.41) is 5.00. The second kappa shape index (κ2) is 6.21. The van der Waals surface area contributed by atoms with Crippen LogP contribution in [0.1, 0.15) is 42.5 Å². The molecule has 1 saturated carbocycles. The number of nitrogens with zero attached hydrogens (tertiary/aromatic N) is 1. The van der Waals surface area contributed by atoms with E-state index in [0.29, 0.717) is 15.6 Å². The number of amides is 1. The molecule has 96 valence electrons. The first-order valence-corrected chi connectivity index (χ1v) is 6.73. The van der Waals surface area contributed by atoms with Gasteiger partial charge in [-0.05, 0) is 43.9 Å². The van der Waals surface area contributed by atoms with Crippen LogP contribution in [0, 0.1) is 0 Å². The fourth-order valence-corrected chi connectivity index (χ4v) is 2.31. The number of benzene rings is 1. The maximum Gasteiger partial charge on any atom is 0.272 e. The highest BCUT2D eigenvalue weighted by atomic mass is 35.5. The predicted octanol–water partition coefficient (Wildman–Crippen LogP) is 4.04. The molecular formula is C13H14Cl2N2O. The summed E-state index contributed by atoms with van der Waals surface area (Å²) in [7, 11) is 0. The normalized spacial score (nSPS) is 15.3. The lowest BCUT2D eigenvalue weighted by Crippen LogP contribution is -2.21. The van der Waals surface area contributed by atoms with E-state index in [1.165, 1.54) is 6.42 Å². The number of rotatable bonds is 2. The zero-order chi connectivity index (χ0) is 13.0. The van der Waals surface area contributed by atoms with Crippen molar-refractivity contribution >= 4 is 34.8 Å². The maximum atomic E-state index is 11.9. The van der Waals surface area contributed by atoms with Gasteiger partial charge in [0.25, 0.3) is 5.91 Å². The van der Waals surface area contributed by atoms with Gasteiger partial charge in [-0.3, -0.25) is 4.79 Å². The standard InChI is InChI=1S/C13H14Cl2N2O/c14-9-6-7-12(15)11(8-9)13(18)17-16-10-4-2-1-3-5-10/h6-8H,1-5H2,(H,17,18). The molecule has 0 unspecified atom stereocenters. The number of hydrogen-bond donors (Lipinski definition) is 1. The molecule has 1 aliphatic rings. The molecule has 0 aliphatic heterocycles. The molecule has 1 aromatic carbocycles. The highest BCUT2D eigenvalue weighted by molar-refractivity contribution is 6.35. The van der Waals surface area contributed by atoms with Gasteiger partial charge in [0, 0.05) is 10.7 Å². The Balaban J connectivity index is 2.05. The van der Waals surface area contributed by atoms with E-state index in [9.17, 15) is 4.79 Å². The van der Waals surface area contributed by atoms with Crippen LogP contribution in [-0.4, -0.2) is 11.6 Å². The average molecular weight is 285 g/mol. The van der Waals surface area contributed by atoms with Crippen molar-refractivity contribution in [2.24, 2.45) is 5.10 Å². The van der Waals surface area contributed by atoms with Crippen molar-refractivity contribution in [1.82, 2.24) is 5.43 Å². The fraction of sp³-hybridized carbons (Fsp3) is 0.385. The van der Waals surface area contributed by atoms with E-state index in [-0.39, 0.29) is 5.91 Å². The first-order valence-electron chi connectivity index (χ1n) is 5.97. The molecular weight excluding hydrogens is 271 g/mol. The van der Waals surface area contributed by atoms with Crippen LogP contribution in [0.15, 0.2) is 23.3 Å². The van der Waals surface area contributed by atoms with Crippen molar-refractivity contribution in [3.63, 3.8) is 0 Å². The van der Waals surface area contributed by atoms with Gasteiger partial charge in [0.2, 0.25) is 0 Å². The van der Waals surface area contributed by atoms with Gasteiger partial charge in [0.15, 0.2) is 0 Å². The first kappa shape index (κ1) is 13.4. The highest BCUT2D eigenvalue weighted by Crippen LogP contribution is 2.20. The second-order valence-electron chi connectivity index (χ2n) is 4.30. The van der Waals surface area contributed by atoms with Crippen LogP contribution in [0.5, 0.6) is 0 Å². The molecule has 0 aromatic heterocycles. The predicted molar refractivity (Wildman–Crippen MR) is 74.4 cm³/mol. The van der Waals surface area contributed by atoms with Gasteiger partial charge >= 0.3 is 0 Å². The summed E-state index contributed by atoms with van der Waals surface area (Å²) >= 11 is 11.8. The van der Waals surface area contributed by atoms with Crippen LogP contribution in [0.3, 0.4) is 0 Å². The third-order valence-corrected chi connectivity index (χ3v) is 3.48. The van der Waals surface area contributed by atoms with Gasteiger partial charge < -0.3 is 0 Å². The minimum Gasteiger partial charge on any atom is -0.267 e. The third-order valence-electron chi connectivity index (χ3n) is 2.92. The van der Waals surface area contributed by atoms with Crippen LogP contribution in [-0.2, 0) is 0 Å². The summed E-state index contributed by atoms with van der Waals surface area (Å²) in [5.41, 5.74) is 3.94. The van der Waals surface area contributed by atoms with Crippen LogP contribution >= 0.6 is 23.2 Å². The summed E-state index contributed by atoms with van der Waals surface area (Å²) in [6, 6.07) is 4.79. The van der Waals surface area contributed by atoms with Gasteiger partial charge in [0.05, 0.1) is 10.6 Å². The molecule has 0 bridgehead atoms. The first-order chi connectivity index (χ1) is 8.66. The average Bonchev–Trinajstić information content (AvgIpc) is 2.40. The minimum absolute atomic E-state index is 0.319. The number of hydrazone groups is 1. The molecule has 0 atom stereocenters. The monoisotopic (exact) mass is 284 g/mol. The summed E-state index contributed by atoms with van der Waals surface area (Å²) in [5.74, 6) is -0.319.